The molecule has 0 unspecified atom stereocenters. The van der Waals surface area contributed by atoms with E-state index in [1.165, 1.54) is 6.07 Å². The molecule has 1 heterocycles. The second-order valence-electron chi connectivity index (χ2n) is 7.09. The molecule has 0 amide bonds. The van der Waals surface area contributed by atoms with Gasteiger partial charge in [-0.1, -0.05) is 11.6 Å². The molecule has 0 saturated heterocycles. The fourth-order valence-corrected chi connectivity index (χ4v) is 3.23. The van der Waals surface area contributed by atoms with Crippen LogP contribution in [0.25, 0.3) is 11.3 Å². The first-order valence-corrected chi connectivity index (χ1v) is 10.5. The number of furan rings is 1. The van der Waals surface area contributed by atoms with Gasteiger partial charge in [-0.3, -0.25) is 0 Å². The molecule has 0 bridgehead atoms. The fraction of sp³-hybridized carbons (Fsp3) is 0.292. The van der Waals surface area contributed by atoms with E-state index in [1.807, 2.05) is 0 Å². The van der Waals surface area contributed by atoms with Crippen LogP contribution in [0.1, 0.15) is 23.8 Å². The van der Waals surface area contributed by atoms with Crippen LogP contribution < -0.4 is 9.47 Å². The lowest BCUT2D eigenvalue weighted by atomic mass is 10.1. The summed E-state index contributed by atoms with van der Waals surface area (Å²) >= 11 is 5.84. The van der Waals surface area contributed by atoms with Crippen molar-refractivity contribution in [3.8, 4) is 22.8 Å². The van der Waals surface area contributed by atoms with Crippen molar-refractivity contribution in [3.63, 3.8) is 0 Å². The number of carbonyl (C=O) groups excluding carboxylic acids is 1. The SMILES string of the molecule is CCOC(=O)COc1ccc(OCCc2cc(-c3ccc(Cl)cc3)oc2C(F)(F)F)cc1C. The molecule has 5 nitrogen and oxygen atoms in total. The van der Waals surface area contributed by atoms with Gasteiger partial charge >= 0.3 is 12.1 Å². The monoisotopic (exact) mass is 482 g/mol. The van der Waals surface area contributed by atoms with Gasteiger partial charge < -0.3 is 18.6 Å². The Morgan fingerprint density at radius 2 is 1.79 bits per heavy atom. The van der Waals surface area contributed by atoms with Crippen LogP contribution in [0.4, 0.5) is 13.2 Å². The first kappa shape index (κ1) is 24.5. The summed E-state index contributed by atoms with van der Waals surface area (Å²) < 4.78 is 61.4. The predicted octanol–water partition coefficient (Wildman–Crippen LogP) is 6.49. The number of carbonyl (C=O) groups is 1. The molecule has 33 heavy (non-hydrogen) atoms. The summed E-state index contributed by atoms with van der Waals surface area (Å²) in [6.07, 6.45) is -4.64. The molecule has 0 radical (unpaired) electrons. The minimum absolute atomic E-state index is 0.00133. The highest BCUT2D eigenvalue weighted by molar-refractivity contribution is 6.30. The highest BCUT2D eigenvalue weighted by Gasteiger charge is 2.38. The molecule has 0 N–H and O–H groups in total. The number of alkyl halides is 3. The molecule has 9 heteroatoms. The van der Waals surface area contributed by atoms with Crippen molar-refractivity contribution < 1.29 is 36.6 Å². The summed E-state index contributed by atoms with van der Waals surface area (Å²) in [5, 5.41) is 0.475. The van der Waals surface area contributed by atoms with E-state index in [2.05, 4.69) is 0 Å². The maximum atomic E-state index is 13.5. The van der Waals surface area contributed by atoms with Gasteiger partial charge in [0.25, 0.3) is 0 Å². The van der Waals surface area contributed by atoms with Crippen molar-refractivity contribution in [1.82, 2.24) is 0 Å². The minimum Gasteiger partial charge on any atom is -0.493 e. The van der Waals surface area contributed by atoms with Gasteiger partial charge in [0.05, 0.1) is 13.2 Å². The molecule has 0 aliphatic rings. The van der Waals surface area contributed by atoms with Gasteiger partial charge in [-0.2, -0.15) is 13.2 Å². The number of aryl methyl sites for hydroxylation is 1. The third-order valence-electron chi connectivity index (χ3n) is 4.63. The Morgan fingerprint density at radius 1 is 1.06 bits per heavy atom. The third-order valence-corrected chi connectivity index (χ3v) is 4.88. The zero-order valence-corrected chi connectivity index (χ0v) is 18.8. The van der Waals surface area contributed by atoms with E-state index >= 15 is 0 Å². The normalized spacial score (nSPS) is 11.3. The quantitative estimate of drug-likeness (QED) is 0.326. The van der Waals surface area contributed by atoms with E-state index < -0.39 is 17.9 Å². The number of benzene rings is 2. The summed E-state index contributed by atoms with van der Waals surface area (Å²) in [5.41, 5.74) is 1.20. The van der Waals surface area contributed by atoms with Crippen LogP contribution in [0.15, 0.2) is 52.9 Å². The van der Waals surface area contributed by atoms with Crippen molar-refractivity contribution in [2.75, 3.05) is 19.8 Å². The minimum atomic E-state index is -4.63. The van der Waals surface area contributed by atoms with Crippen molar-refractivity contribution in [2.45, 2.75) is 26.4 Å². The van der Waals surface area contributed by atoms with E-state index in [0.29, 0.717) is 27.6 Å². The summed E-state index contributed by atoms with van der Waals surface area (Å²) in [4.78, 5) is 11.4. The summed E-state index contributed by atoms with van der Waals surface area (Å²) in [7, 11) is 0. The Labute approximate surface area is 194 Å². The Balaban J connectivity index is 1.65. The van der Waals surface area contributed by atoms with E-state index in [0.717, 1.165) is 0 Å². The molecule has 0 spiro atoms. The molecule has 3 rings (SSSR count). The lowest BCUT2D eigenvalue weighted by Gasteiger charge is -2.11. The summed E-state index contributed by atoms with van der Waals surface area (Å²) in [6, 6.07) is 12.6. The molecule has 2 aromatic carbocycles. The van der Waals surface area contributed by atoms with Crippen LogP contribution in [-0.4, -0.2) is 25.8 Å². The smallest absolute Gasteiger partial charge is 0.449 e. The Hall–Kier alpha value is -3.13. The van der Waals surface area contributed by atoms with Crippen LogP contribution in [0, 0.1) is 6.92 Å². The molecule has 0 atom stereocenters. The van der Waals surface area contributed by atoms with E-state index in [1.54, 1.807) is 56.3 Å². The standard InChI is InChI=1S/C24H22ClF3O5/c1-3-30-22(29)14-32-20-9-8-19(12-15(20)2)31-11-10-17-13-21(33-23(17)24(26,27)28)16-4-6-18(25)7-5-16/h4-9,12-13H,3,10-11,14H2,1-2H3. The van der Waals surface area contributed by atoms with Gasteiger partial charge in [-0.15, -0.1) is 0 Å². The number of esters is 1. The van der Waals surface area contributed by atoms with Crippen molar-refractivity contribution in [1.29, 1.82) is 0 Å². The third kappa shape index (κ3) is 6.68. The average molecular weight is 483 g/mol. The van der Waals surface area contributed by atoms with E-state index in [4.69, 9.17) is 30.2 Å². The molecule has 0 saturated carbocycles. The maximum absolute atomic E-state index is 13.5. The Bertz CT molecular complexity index is 1090. The molecule has 0 aliphatic carbocycles. The second-order valence-corrected chi connectivity index (χ2v) is 7.53. The van der Waals surface area contributed by atoms with Gasteiger partial charge in [0, 0.05) is 22.6 Å². The van der Waals surface area contributed by atoms with Crippen molar-refractivity contribution >= 4 is 17.6 Å². The molecule has 0 fully saturated rings. The van der Waals surface area contributed by atoms with Gasteiger partial charge in [-0.05, 0) is 67.9 Å². The van der Waals surface area contributed by atoms with Crippen LogP contribution in [-0.2, 0) is 22.1 Å². The lowest BCUT2D eigenvalue weighted by molar-refractivity contribution is -0.153. The highest BCUT2D eigenvalue weighted by Crippen LogP contribution is 2.37. The molecule has 1 aromatic heterocycles. The van der Waals surface area contributed by atoms with E-state index in [9.17, 15) is 18.0 Å². The topological polar surface area (TPSA) is 57.9 Å². The Morgan fingerprint density at radius 3 is 2.42 bits per heavy atom. The largest absolute Gasteiger partial charge is 0.493 e. The van der Waals surface area contributed by atoms with Crippen molar-refractivity contribution in [2.24, 2.45) is 0 Å². The first-order valence-electron chi connectivity index (χ1n) is 10.1. The van der Waals surface area contributed by atoms with Crippen LogP contribution in [0.3, 0.4) is 0 Å². The number of halogens is 4. The summed E-state index contributed by atoms with van der Waals surface area (Å²) in [6.45, 7) is 3.52. The number of rotatable bonds is 9. The highest BCUT2D eigenvalue weighted by atomic mass is 35.5. The molecule has 0 aliphatic heterocycles. The second kappa shape index (κ2) is 10.7. The van der Waals surface area contributed by atoms with Gasteiger partial charge in [0.2, 0.25) is 5.76 Å². The van der Waals surface area contributed by atoms with Crippen molar-refractivity contribution in [3.05, 3.63) is 70.4 Å². The number of ether oxygens (including phenoxy) is 3. The van der Waals surface area contributed by atoms with Gasteiger partial charge in [0.15, 0.2) is 6.61 Å². The average Bonchev–Trinajstić information content (AvgIpc) is 3.19. The predicted molar refractivity (Wildman–Crippen MR) is 117 cm³/mol. The van der Waals surface area contributed by atoms with Crippen LogP contribution >= 0.6 is 11.6 Å². The first-order chi connectivity index (χ1) is 15.7. The zero-order valence-electron chi connectivity index (χ0n) is 18.0. The van der Waals surface area contributed by atoms with Gasteiger partial charge in [0.1, 0.15) is 17.3 Å². The molecule has 3 aromatic rings. The van der Waals surface area contributed by atoms with Gasteiger partial charge in [-0.25, -0.2) is 4.79 Å². The molecular formula is C24H22ClF3O5. The van der Waals surface area contributed by atoms with Crippen LogP contribution in [0.2, 0.25) is 5.02 Å². The zero-order chi connectivity index (χ0) is 24.0. The summed E-state index contributed by atoms with van der Waals surface area (Å²) in [5.74, 6) is -0.471. The number of hydrogen-bond acceptors (Lipinski definition) is 5. The Kier molecular flexibility index (Phi) is 7.92. The van der Waals surface area contributed by atoms with Crippen LogP contribution in [0.5, 0.6) is 11.5 Å². The molecular weight excluding hydrogens is 461 g/mol. The molecule has 176 valence electrons. The lowest BCUT2D eigenvalue weighted by Crippen LogP contribution is -2.15. The van der Waals surface area contributed by atoms with E-state index in [-0.39, 0.29) is 37.6 Å². The fourth-order valence-electron chi connectivity index (χ4n) is 3.10. The number of hydrogen-bond donors (Lipinski definition) is 0. The maximum Gasteiger partial charge on any atom is 0.449 e.